The number of likely N-dealkylation sites (N-methyl/N-ethyl adjacent to an activating group) is 1. The summed E-state index contributed by atoms with van der Waals surface area (Å²) in [5.74, 6) is 0.119. The van der Waals surface area contributed by atoms with Crippen LogP contribution in [0.1, 0.15) is 30.1 Å². The zero-order chi connectivity index (χ0) is 18.7. The minimum Gasteiger partial charge on any atom is -0.388 e. The summed E-state index contributed by atoms with van der Waals surface area (Å²) in [6.07, 6.45) is 3.12. The Hall–Kier alpha value is -2.82. The minimum absolute atomic E-state index is 0.119. The lowest BCUT2D eigenvalue weighted by Gasteiger charge is -2.40. The topological polar surface area (TPSA) is 52.7 Å². The highest BCUT2D eigenvalue weighted by Gasteiger charge is 2.41. The summed E-state index contributed by atoms with van der Waals surface area (Å²) in [7, 11) is 3.71. The molecule has 1 unspecified atom stereocenters. The van der Waals surface area contributed by atoms with E-state index in [0.717, 1.165) is 36.2 Å². The van der Waals surface area contributed by atoms with Crippen molar-refractivity contribution in [2.75, 3.05) is 29.2 Å². The van der Waals surface area contributed by atoms with Crippen LogP contribution in [0, 0.1) is 0 Å². The molecule has 136 valence electrons. The molecular formula is C21H25N3O2. The second kappa shape index (κ2) is 7.60. The molecule has 1 amide bonds. The van der Waals surface area contributed by atoms with Crippen LogP contribution in [0.5, 0.6) is 0 Å². The SMILES string of the molecule is CC1C(=O)N(C)c2ccc(C=O)cc2N1C1CC1.CNc1ccccc1. The number of carbonyl (C=O) groups excluding carboxylic acids is 2. The normalized spacial score (nSPS) is 18.6. The van der Waals surface area contributed by atoms with E-state index in [4.69, 9.17) is 0 Å². The molecule has 26 heavy (non-hydrogen) atoms. The molecule has 2 aromatic carbocycles. The van der Waals surface area contributed by atoms with Crippen molar-refractivity contribution in [3.05, 3.63) is 54.1 Å². The third-order valence-electron chi connectivity index (χ3n) is 4.88. The van der Waals surface area contributed by atoms with Gasteiger partial charge < -0.3 is 15.1 Å². The molecule has 1 N–H and O–H groups in total. The van der Waals surface area contributed by atoms with Gasteiger partial charge in [0.25, 0.3) is 0 Å². The maximum absolute atomic E-state index is 12.2. The first kappa shape index (κ1) is 18.0. The molecule has 1 heterocycles. The van der Waals surface area contributed by atoms with Gasteiger partial charge in [-0.1, -0.05) is 18.2 Å². The van der Waals surface area contributed by atoms with Gasteiger partial charge in [-0.15, -0.1) is 0 Å². The van der Waals surface area contributed by atoms with E-state index in [0.29, 0.717) is 11.6 Å². The quantitative estimate of drug-likeness (QED) is 0.859. The van der Waals surface area contributed by atoms with Crippen LogP contribution in [0.3, 0.4) is 0 Å². The minimum atomic E-state index is -0.142. The first-order valence-corrected chi connectivity index (χ1v) is 8.94. The van der Waals surface area contributed by atoms with Gasteiger partial charge in [0.15, 0.2) is 0 Å². The highest BCUT2D eigenvalue weighted by atomic mass is 16.2. The van der Waals surface area contributed by atoms with Crippen molar-refractivity contribution in [1.82, 2.24) is 0 Å². The lowest BCUT2D eigenvalue weighted by atomic mass is 10.1. The summed E-state index contributed by atoms with van der Waals surface area (Å²) in [5.41, 5.74) is 3.73. The number of nitrogens with zero attached hydrogens (tertiary/aromatic N) is 2. The third kappa shape index (κ3) is 3.57. The van der Waals surface area contributed by atoms with E-state index in [9.17, 15) is 9.59 Å². The molecule has 0 aromatic heterocycles. The largest absolute Gasteiger partial charge is 0.388 e. The van der Waals surface area contributed by atoms with Crippen molar-refractivity contribution < 1.29 is 9.59 Å². The van der Waals surface area contributed by atoms with E-state index in [-0.39, 0.29) is 11.9 Å². The van der Waals surface area contributed by atoms with Crippen molar-refractivity contribution in [3.63, 3.8) is 0 Å². The monoisotopic (exact) mass is 351 g/mol. The third-order valence-corrected chi connectivity index (χ3v) is 4.88. The van der Waals surface area contributed by atoms with Gasteiger partial charge in [0.2, 0.25) is 5.91 Å². The summed E-state index contributed by atoms with van der Waals surface area (Å²) in [5, 5.41) is 3.03. The van der Waals surface area contributed by atoms with Crippen molar-refractivity contribution in [3.8, 4) is 0 Å². The van der Waals surface area contributed by atoms with E-state index in [1.54, 1.807) is 18.0 Å². The number of amides is 1. The lowest BCUT2D eigenvalue weighted by molar-refractivity contribution is -0.119. The summed E-state index contributed by atoms with van der Waals surface area (Å²) in [4.78, 5) is 27.0. The Morgan fingerprint density at radius 3 is 2.31 bits per heavy atom. The zero-order valence-corrected chi connectivity index (χ0v) is 15.5. The number of anilines is 3. The number of hydrogen-bond acceptors (Lipinski definition) is 4. The highest BCUT2D eigenvalue weighted by molar-refractivity contribution is 6.05. The number of para-hydroxylation sites is 1. The summed E-state index contributed by atoms with van der Waals surface area (Å²) in [6, 6.07) is 15.9. The van der Waals surface area contributed by atoms with Gasteiger partial charge in [0.05, 0.1) is 11.4 Å². The van der Waals surface area contributed by atoms with Crippen LogP contribution < -0.4 is 15.1 Å². The van der Waals surface area contributed by atoms with E-state index in [2.05, 4.69) is 10.2 Å². The fourth-order valence-electron chi connectivity index (χ4n) is 3.30. The number of nitrogens with one attached hydrogen (secondary N) is 1. The number of hydrogen-bond donors (Lipinski definition) is 1. The van der Waals surface area contributed by atoms with Crippen LogP contribution in [0.2, 0.25) is 0 Å². The Morgan fingerprint density at radius 2 is 1.77 bits per heavy atom. The lowest BCUT2D eigenvalue weighted by Crippen LogP contribution is -2.51. The van der Waals surface area contributed by atoms with E-state index < -0.39 is 0 Å². The molecule has 2 aromatic rings. The Morgan fingerprint density at radius 1 is 1.08 bits per heavy atom. The van der Waals surface area contributed by atoms with Gasteiger partial charge in [-0.25, -0.2) is 0 Å². The molecule has 0 radical (unpaired) electrons. The van der Waals surface area contributed by atoms with E-state index in [1.807, 2.05) is 56.4 Å². The zero-order valence-electron chi connectivity index (χ0n) is 15.5. The molecule has 4 rings (SSSR count). The van der Waals surface area contributed by atoms with Crippen molar-refractivity contribution in [1.29, 1.82) is 0 Å². The van der Waals surface area contributed by atoms with Crippen LogP contribution in [0.25, 0.3) is 0 Å². The fraction of sp³-hybridized carbons (Fsp3) is 0.333. The number of fused-ring (bicyclic) bond motifs is 1. The molecule has 1 saturated carbocycles. The average Bonchev–Trinajstić information content (AvgIpc) is 3.52. The molecule has 5 nitrogen and oxygen atoms in total. The maximum atomic E-state index is 12.2. The Balaban J connectivity index is 0.000000206. The molecule has 1 aliphatic heterocycles. The number of rotatable bonds is 3. The molecule has 1 atom stereocenters. The first-order chi connectivity index (χ1) is 12.6. The summed E-state index contributed by atoms with van der Waals surface area (Å²) in [6.45, 7) is 1.94. The number of carbonyl (C=O) groups is 2. The second-order valence-electron chi connectivity index (χ2n) is 6.69. The molecule has 0 saturated heterocycles. The molecule has 2 aliphatic rings. The summed E-state index contributed by atoms with van der Waals surface area (Å²) >= 11 is 0. The van der Waals surface area contributed by atoms with Gasteiger partial charge >= 0.3 is 0 Å². The highest BCUT2D eigenvalue weighted by Crippen LogP contribution is 2.42. The molecule has 0 bridgehead atoms. The van der Waals surface area contributed by atoms with Crippen LogP contribution >= 0.6 is 0 Å². The van der Waals surface area contributed by atoms with Crippen LogP contribution in [0.15, 0.2) is 48.5 Å². The van der Waals surface area contributed by atoms with Crippen molar-refractivity contribution >= 4 is 29.3 Å². The predicted molar refractivity (Wildman–Crippen MR) is 106 cm³/mol. The Kier molecular flexibility index (Phi) is 5.26. The van der Waals surface area contributed by atoms with E-state index in [1.165, 1.54) is 0 Å². The van der Waals surface area contributed by atoms with Gasteiger partial charge in [-0.05, 0) is 50.1 Å². The fourth-order valence-corrected chi connectivity index (χ4v) is 3.30. The van der Waals surface area contributed by atoms with Crippen LogP contribution in [-0.2, 0) is 4.79 Å². The molecular weight excluding hydrogens is 326 g/mol. The predicted octanol–water partition coefficient (Wildman–Crippen LogP) is 3.56. The number of benzene rings is 2. The van der Waals surface area contributed by atoms with Crippen LogP contribution in [0.4, 0.5) is 17.1 Å². The standard InChI is InChI=1S/C14H16N2O2.C7H9N/c1-9-14(18)15(2)12-6-3-10(8-17)7-13(12)16(9)11-4-5-11;1-8-7-5-3-2-4-6-7/h3,6-9,11H,4-5H2,1-2H3;2-6,8H,1H3. The van der Waals surface area contributed by atoms with Gasteiger partial charge in [0.1, 0.15) is 12.3 Å². The molecule has 5 heteroatoms. The molecule has 1 fully saturated rings. The van der Waals surface area contributed by atoms with Crippen LogP contribution in [-0.4, -0.2) is 38.4 Å². The smallest absolute Gasteiger partial charge is 0.249 e. The van der Waals surface area contributed by atoms with E-state index >= 15 is 0 Å². The van der Waals surface area contributed by atoms with Gasteiger partial charge in [-0.2, -0.15) is 0 Å². The molecule has 0 spiro atoms. The Bertz CT molecular complexity index is 787. The average molecular weight is 351 g/mol. The summed E-state index contributed by atoms with van der Waals surface area (Å²) < 4.78 is 0. The van der Waals surface area contributed by atoms with Gasteiger partial charge in [-0.3, -0.25) is 9.59 Å². The van der Waals surface area contributed by atoms with Crippen molar-refractivity contribution in [2.24, 2.45) is 0 Å². The second-order valence-corrected chi connectivity index (χ2v) is 6.69. The maximum Gasteiger partial charge on any atom is 0.249 e. The first-order valence-electron chi connectivity index (χ1n) is 8.94. The number of aldehydes is 1. The Labute approximate surface area is 154 Å². The van der Waals surface area contributed by atoms with Gasteiger partial charge in [0, 0.05) is 31.4 Å². The van der Waals surface area contributed by atoms with Crippen molar-refractivity contribution in [2.45, 2.75) is 31.8 Å². The molecule has 1 aliphatic carbocycles.